The lowest BCUT2D eigenvalue weighted by molar-refractivity contribution is 0.0780. The zero-order valence-corrected chi connectivity index (χ0v) is 12.7. The summed E-state index contributed by atoms with van der Waals surface area (Å²) in [5.74, 6) is 0.848. The van der Waals surface area contributed by atoms with Gasteiger partial charge in [0.2, 0.25) is 0 Å². The molecule has 0 amide bonds. The van der Waals surface area contributed by atoms with Crippen molar-refractivity contribution < 1.29 is 0 Å². The van der Waals surface area contributed by atoms with E-state index in [0.29, 0.717) is 0 Å². The molecule has 2 rings (SSSR count). The maximum atomic E-state index is 3.57. The molecule has 0 heterocycles. The summed E-state index contributed by atoms with van der Waals surface area (Å²) in [6, 6.07) is 9.51. The van der Waals surface area contributed by atoms with Crippen LogP contribution in [0.4, 0.5) is 0 Å². The third-order valence-corrected chi connectivity index (χ3v) is 4.46. The van der Waals surface area contributed by atoms with Gasteiger partial charge in [-0.25, -0.2) is 0 Å². The first-order valence-electron chi connectivity index (χ1n) is 7.67. The fourth-order valence-corrected chi connectivity index (χ4v) is 3.01. The number of rotatable bonds is 7. The van der Waals surface area contributed by atoms with Crippen molar-refractivity contribution in [2.24, 2.45) is 5.92 Å². The smallest absolute Gasteiger partial charge is 0.0236 e. The lowest BCUT2D eigenvalue weighted by Gasteiger charge is -2.43. The highest BCUT2D eigenvalue weighted by molar-refractivity contribution is 5.25. The number of nitrogens with one attached hydrogen (secondary N) is 1. The number of hydrogen-bond donors (Lipinski definition) is 1. The van der Waals surface area contributed by atoms with Crippen molar-refractivity contribution in [2.45, 2.75) is 45.7 Å². The maximum Gasteiger partial charge on any atom is 0.0236 e. The van der Waals surface area contributed by atoms with Crippen LogP contribution in [-0.4, -0.2) is 31.1 Å². The van der Waals surface area contributed by atoms with E-state index >= 15 is 0 Å². The van der Waals surface area contributed by atoms with Gasteiger partial charge in [0.05, 0.1) is 0 Å². The molecule has 2 atom stereocenters. The van der Waals surface area contributed by atoms with Crippen molar-refractivity contribution >= 4 is 0 Å². The Morgan fingerprint density at radius 2 is 2.05 bits per heavy atom. The summed E-state index contributed by atoms with van der Waals surface area (Å²) >= 11 is 0. The van der Waals surface area contributed by atoms with Crippen LogP contribution in [0.3, 0.4) is 0 Å². The molecule has 0 aromatic heterocycles. The van der Waals surface area contributed by atoms with Crippen molar-refractivity contribution in [3.63, 3.8) is 0 Å². The van der Waals surface area contributed by atoms with Crippen molar-refractivity contribution in [3.05, 3.63) is 35.4 Å². The van der Waals surface area contributed by atoms with E-state index in [0.717, 1.165) is 25.0 Å². The molecule has 0 radical (unpaired) electrons. The van der Waals surface area contributed by atoms with Crippen LogP contribution in [0.1, 0.15) is 37.3 Å². The Balaban J connectivity index is 1.83. The minimum atomic E-state index is 0.768. The topological polar surface area (TPSA) is 15.3 Å². The average molecular weight is 260 g/mol. The molecule has 0 saturated heterocycles. The summed E-state index contributed by atoms with van der Waals surface area (Å²) in [6.07, 6.45) is 3.98. The Labute approximate surface area is 118 Å². The minimum Gasteiger partial charge on any atom is -0.316 e. The van der Waals surface area contributed by atoms with E-state index in [4.69, 9.17) is 0 Å². The van der Waals surface area contributed by atoms with E-state index in [1.807, 2.05) is 0 Å². The highest BCUT2D eigenvalue weighted by Crippen LogP contribution is 2.32. The Bertz CT molecular complexity index is 389. The Morgan fingerprint density at radius 1 is 1.26 bits per heavy atom. The molecule has 0 bridgehead atoms. The van der Waals surface area contributed by atoms with E-state index < -0.39 is 0 Å². The SMILES string of the molecule is CCCNCC1CCC1N(C)Cc1ccccc1C. The number of hydrogen-bond acceptors (Lipinski definition) is 2. The molecule has 2 heteroatoms. The second kappa shape index (κ2) is 7.06. The quantitative estimate of drug-likeness (QED) is 0.757. The minimum absolute atomic E-state index is 0.768. The molecular formula is C17H28N2. The lowest BCUT2D eigenvalue weighted by atomic mass is 9.78. The predicted molar refractivity (Wildman–Crippen MR) is 82.3 cm³/mol. The van der Waals surface area contributed by atoms with Crippen LogP contribution in [0.5, 0.6) is 0 Å². The van der Waals surface area contributed by atoms with Crippen LogP contribution in [0.15, 0.2) is 24.3 Å². The van der Waals surface area contributed by atoms with E-state index in [1.165, 1.54) is 36.9 Å². The van der Waals surface area contributed by atoms with E-state index in [9.17, 15) is 0 Å². The van der Waals surface area contributed by atoms with Crippen LogP contribution < -0.4 is 5.32 Å². The van der Waals surface area contributed by atoms with Crippen LogP contribution in [-0.2, 0) is 6.54 Å². The highest BCUT2D eigenvalue weighted by Gasteiger charge is 2.33. The summed E-state index contributed by atoms with van der Waals surface area (Å²) in [5.41, 5.74) is 2.88. The average Bonchev–Trinajstić information content (AvgIpc) is 2.36. The van der Waals surface area contributed by atoms with Gasteiger partial charge in [-0.2, -0.15) is 0 Å². The zero-order chi connectivity index (χ0) is 13.7. The van der Waals surface area contributed by atoms with Gasteiger partial charge in [0.25, 0.3) is 0 Å². The van der Waals surface area contributed by atoms with Gasteiger partial charge in [-0.15, -0.1) is 0 Å². The highest BCUT2D eigenvalue weighted by atomic mass is 15.1. The molecule has 2 nitrogen and oxygen atoms in total. The fraction of sp³-hybridized carbons (Fsp3) is 0.647. The summed E-state index contributed by atoms with van der Waals surface area (Å²) in [7, 11) is 2.28. The van der Waals surface area contributed by atoms with Crippen LogP contribution in [0.2, 0.25) is 0 Å². The molecule has 1 aliphatic carbocycles. The fourth-order valence-electron chi connectivity index (χ4n) is 3.01. The van der Waals surface area contributed by atoms with Gasteiger partial charge in [0.15, 0.2) is 0 Å². The van der Waals surface area contributed by atoms with E-state index in [-0.39, 0.29) is 0 Å². The van der Waals surface area contributed by atoms with Gasteiger partial charge in [0, 0.05) is 12.6 Å². The molecule has 2 unspecified atom stereocenters. The first kappa shape index (κ1) is 14.5. The third kappa shape index (κ3) is 3.80. The zero-order valence-electron chi connectivity index (χ0n) is 12.7. The molecule has 0 spiro atoms. The van der Waals surface area contributed by atoms with Crippen molar-refractivity contribution in [1.29, 1.82) is 0 Å². The monoisotopic (exact) mass is 260 g/mol. The van der Waals surface area contributed by atoms with Gasteiger partial charge in [-0.1, -0.05) is 31.2 Å². The van der Waals surface area contributed by atoms with Gasteiger partial charge >= 0.3 is 0 Å². The summed E-state index contributed by atoms with van der Waals surface area (Å²) < 4.78 is 0. The maximum absolute atomic E-state index is 3.57. The molecule has 1 N–H and O–H groups in total. The first-order chi connectivity index (χ1) is 9.22. The Morgan fingerprint density at radius 3 is 2.68 bits per heavy atom. The number of benzene rings is 1. The van der Waals surface area contributed by atoms with Crippen LogP contribution >= 0.6 is 0 Å². The molecule has 1 aromatic rings. The molecule has 1 fully saturated rings. The Kier molecular flexibility index (Phi) is 5.41. The largest absolute Gasteiger partial charge is 0.316 e. The Hall–Kier alpha value is -0.860. The van der Waals surface area contributed by atoms with Crippen LogP contribution in [0, 0.1) is 12.8 Å². The van der Waals surface area contributed by atoms with Crippen LogP contribution in [0.25, 0.3) is 0 Å². The van der Waals surface area contributed by atoms with Crippen molar-refractivity contribution in [3.8, 4) is 0 Å². The number of nitrogens with zero attached hydrogens (tertiary/aromatic N) is 1. The van der Waals surface area contributed by atoms with Crippen molar-refractivity contribution in [2.75, 3.05) is 20.1 Å². The number of aryl methyl sites for hydroxylation is 1. The van der Waals surface area contributed by atoms with Gasteiger partial charge in [-0.3, -0.25) is 4.90 Å². The van der Waals surface area contributed by atoms with Gasteiger partial charge in [-0.05, 0) is 63.4 Å². The summed E-state index contributed by atoms with van der Waals surface area (Å²) in [5, 5.41) is 3.57. The molecule has 106 valence electrons. The normalized spacial score (nSPS) is 22.5. The molecule has 1 aliphatic rings. The van der Waals surface area contributed by atoms with E-state index in [2.05, 4.69) is 55.4 Å². The summed E-state index contributed by atoms with van der Waals surface area (Å²) in [6.45, 7) is 7.88. The first-order valence-corrected chi connectivity index (χ1v) is 7.67. The van der Waals surface area contributed by atoms with Gasteiger partial charge in [0.1, 0.15) is 0 Å². The molecule has 0 aliphatic heterocycles. The molecule has 19 heavy (non-hydrogen) atoms. The van der Waals surface area contributed by atoms with Gasteiger partial charge < -0.3 is 5.32 Å². The second-order valence-corrected chi connectivity index (χ2v) is 5.95. The second-order valence-electron chi connectivity index (χ2n) is 5.95. The lowest BCUT2D eigenvalue weighted by Crippen LogP contribution is -2.48. The standard InChI is InChI=1S/C17H28N2/c1-4-11-18-12-15-9-10-17(15)19(3)13-16-8-6-5-7-14(16)2/h5-8,15,17-18H,4,9-13H2,1-3H3. The molecule has 1 aromatic carbocycles. The predicted octanol–water partition coefficient (Wildman–Crippen LogP) is 3.21. The molecular weight excluding hydrogens is 232 g/mol. The molecule has 1 saturated carbocycles. The van der Waals surface area contributed by atoms with E-state index in [1.54, 1.807) is 0 Å². The van der Waals surface area contributed by atoms with Crippen molar-refractivity contribution in [1.82, 2.24) is 10.2 Å². The third-order valence-electron chi connectivity index (χ3n) is 4.46. The summed E-state index contributed by atoms with van der Waals surface area (Å²) in [4.78, 5) is 2.55.